The van der Waals surface area contributed by atoms with Crippen LogP contribution in [0.1, 0.15) is 49.3 Å². The van der Waals surface area contributed by atoms with Gasteiger partial charge in [-0.1, -0.05) is 0 Å². The highest BCUT2D eigenvalue weighted by Crippen LogP contribution is 2.33. The van der Waals surface area contributed by atoms with Gasteiger partial charge in [0.25, 0.3) is 0 Å². The molecule has 0 spiro atoms. The Balaban J connectivity index is 1.30. The van der Waals surface area contributed by atoms with Gasteiger partial charge in [0, 0.05) is 37.6 Å². The van der Waals surface area contributed by atoms with E-state index in [1.807, 2.05) is 31.3 Å². The van der Waals surface area contributed by atoms with Gasteiger partial charge in [0.05, 0.1) is 24.6 Å². The van der Waals surface area contributed by atoms with Crippen LogP contribution in [-0.2, 0) is 18.3 Å². The van der Waals surface area contributed by atoms with E-state index in [2.05, 4.69) is 32.9 Å². The van der Waals surface area contributed by atoms with Crippen molar-refractivity contribution in [3.05, 3.63) is 60.0 Å². The molecule has 2 N–H and O–H groups in total. The standard InChI is InChI=1S/C28H37N3O4/c1-30-15-11-20(18-30)5-3-4-14-31-16-12-21(25(19-31)28(33)34)6-9-27(32)23-10-13-29-26-8-7-22(35-2)17-24(23)26/h7-8,10-11,13,15,17-18,21,25,27,32H,3-6,9,12,14,16,19H2,1-2H3,(H,33,34)/t21-,25+,27?/m1/s1. The Morgan fingerprint density at radius 1 is 1.26 bits per heavy atom. The molecule has 0 radical (unpaired) electrons. The van der Waals surface area contributed by atoms with Crippen LogP contribution in [0.3, 0.4) is 0 Å². The summed E-state index contributed by atoms with van der Waals surface area (Å²) in [5.74, 6) is -0.316. The second kappa shape index (κ2) is 11.7. The summed E-state index contributed by atoms with van der Waals surface area (Å²) in [4.78, 5) is 18.8. The van der Waals surface area contributed by atoms with Gasteiger partial charge in [0.2, 0.25) is 0 Å². The minimum Gasteiger partial charge on any atom is -0.497 e. The summed E-state index contributed by atoms with van der Waals surface area (Å²) in [5, 5.41) is 21.8. The number of hydrogen-bond acceptors (Lipinski definition) is 5. The first-order chi connectivity index (χ1) is 16.9. The lowest BCUT2D eigenvalue weighted by molar-refractivity contribution is -0.146. The first-order valence-corrected chi connectivity index (χ1v) is 12.6. The van der Waals surface area contributed by atoms with E-state index in [0.717, 1.165) is 61.0 Å². The number of unbranched alkanes of at least 4 members (excludes halogenated alkanes) is 1. The molecule has 3 heterocycles. The molecule has 188 valence electrons. The Kier molecular flexibility index (Phi) is 8.42. The summed E-state index contributed by atoms with van der Waals surface area (Å²) in [7, 11) is 3.66. The number of pyridine rings is 1. The number of carboxylic acids is 1. The minimum atomic E-state index is -0.724. The van der Waals surface area contributed by atoms with Crippen molar-refractivity contribution in [3.63, 3.8) is 0 Å². The van der Waals surface area contributed by atoms with Crippen molar-refractivity contribution in [2.75, 3.05) is 26.7 Å². The van der Waals surface area contributed by atoms with Crippen molar-refractivity contribution in [1.29, 1.82) is 0 Å². The molecule has 35 heavy (non-hydrogen) atoms. The van der Waals surface area contributed by atoms with Gasteiger partial charge in [0.15, 0.2) is 0 Å². The van der Waals surface area contributed by atoms with Crippen LogP contribution in [0.2, 0.25) is 0 Å². The molecule has 0 amide bonds. The van der Waals surface area contributed by atoms with Crippen molar-refractivity contribution in [1.82, 2.24) is 14.5 Å². The molecule has 0 saturated carbocycles. The average Bonchev–Trinajstić information content (AvgIpc) is 3.29. The van der Waals surface area contributed by atoms with Crippen LogP contribution in [0.15, 0.2) is 48.9 Å². The van der Waals surface area contributed by atoms with Crippen LogP contribution in [0.4, 0.5) is 0 Å². The number of rotatable bonds is 11. The number of carbonyl (C=O) groups is 1. The smallest absolute Gasteiger partial charge is 0.308 e. The third-order valence-corrected chi connectivity index (χ3v) is 7.39. The lowest BCUT2D eigenvalue weighted by Gasteiger charge is -2.37. The topological polar surface area (TPSA) is 87.8 Å². The van der Waals surface area contributed by atoms with E-state index in [0.29, 0.717) is 19.4 Å². The third-order valence-electron chi connectivity index (χ3n) is 7.39. The molecule has 3 atom stereocenters. The summed E-state index contributed by atoms with van der Waals surface area (Å²) >= 11 is 0. The number of nitrogens with zero attached hydrogens (tertiary/aromatic N) is 3. The zero-order valence-corrected chi connectivity index (χ0v) is 20.8. The Labute approximate surface area is 207 Å². The number of carboxylic acid groups (broad SMARTS) is 1. The molecule has 1 fully saturated rings. The highest BCUT2D eigenvalue weighted by molar-refractivity contribution is 5.83. The van der Waals surface area contributed by atoms with Gasteiger partial charge in [-0.25, -0.2) is 0 Å². The van der Waals surface area contributed by atoms with Gasteiger partial charge in [0.1, 0.15) is 5.75 Å². The van der Waals surface area contributed by atoms with E-state index in [1.165, 1.54) is 5.56 Å². The van der Waals surface area contributed by atoms with Gasteiger partial charge in [-0.15, -0.1) is 0 Å². The molecule has 1 aliphatic heterocycles. The summed E-state index contributed by atoms with van der Waals surface area (Å²) < 4.78 is 7.41. The van der Waals surface area contributed by atoms with Crippen LogP contribution in [0.25, 0.3) is 10.9 Å². The molecule has 3 aromatic rings. The average molecular weight is 480 g/mol. The van der Waals surface area contributed by atoms with Crippen molar-refractivity contribution < 1.29 is 19.7 Å². The molecule has 2 aromatic heterocycles. The van der Waals surface area contributed by atoms with Gasteiger partial charge >= 0.3 is 5.97 Å². The predicted molar refractivity (Wildman–Crippen MR) is 137 cm³/mol. The number of aromatic nitrogens is 2. The van der Waals surface area contributed by atoms with Crippen LogP contribution in [0, 0.1) is 11.8 Å². The maximum absolute atomic E-state index is 12.1. The first kappa shape index (κ1) is 25.2. The monoisotopic (exact) mass is 479 g/mol. The van der Waals surface area contributed by atoms with E-state index in [-0.39, 0.29) is 11.8 Å². The van der Waals surface area contributed by atoms with Crippen LogP contribution < -0.4 is 4.74 Å². The zero-order valence-electron chi connectivity index (χ0n) is 20.8. The number of aliphatic hydroxyl groups is 1. The van der Waals surface area contributed by atoms with Crippen molar-refractivity contribution in [2.45, 2.75) is 44.6 Å². The van der Waals surface area contributed by atoms with Crippen molar-refractivity contribution in [2.24, 2.45) is 18.9 Å². The third kappa shape index (κ3) is 6.41. The molecule has 4 rings (SSSR count). The molecule has 0 aliphatic carbocycles. The SMILES string of the molecule is COc1ccc2nccc(C(O)CC[C@@H]3CCN(CCCCc4ccn(C)c4)C[C@@H]3C(=O)O)c2c1. The number of aryl methyl sites for hydroxylation is 2. The van der Waals surface area contributed by atoms with Crippen LogP contribution in [-0.4, -0.2) is 57.4 Å². The van der Waals surface area contributed by atoms with Crippen molar-refractivity contribution in [3.8, 4) is 5.75 Å². The van der Waals surface area contributed by atoms with E-state index in [9.17, 15) is 15.0 Å². The number of aliphatic hydroxyl groups excluding tert-OH is 1. The summed E-state index contributed by atoms with van der Waals surface area (Å²) in [6.07, 6.45) is 10.6. The number of hydrogen-bond donors (Lipinski definition) is 2. The Hall–Kier alpha value is -2.90. The molecule has 0 bridgehead atoms. The van der Waals surface area contributed by atoms with Gasteiger partial charge in [-0.05, 0) is 99.0 Å². The predicted octanol–water partition coefficient (Wildman–Crippen LogP) is 4.44. The second-order valence-corrected chi connectivity index (χ2v) is 9.81. The van der Waals surface area contributed by atoms with E-state index < -0.39 is 12.1 Å². The summed E-state index contributed by atoms with van der Waals surface area (Å²) in [6.45, 7) is 2.46. The van der Waals surface area contributed by atoms with Gasteiger partial charge < -0.3 is 24.4 Å². The molecule has 1 aromatic carbocycles. The normalized spacial score (nSPS) is 19.6. The number of aliphatic carboxylic acids is 1. The van der Waals surface area contributed by atoms with Gasteiger partial charge in [-0.3, -0.25) is 9.78 Å². The van der Waals surface area contributed by atoms with Crippen molar-refractivity contribution >= 4 is 16.9 Å². The van der Waals surface area contributed by atoms with Crippen LogP contribution in [0.5, 0.6) is 5.75 Å². The number of fused-ring (bicyclic) bond motifs is 1. The van der Waals surface area contributed by atoms with E-state index >= 15 is 0 Å². The lowest BCUT2D eigenvalue weighted by Crippen LogP contribution is -2.44. The summed E-state index contributed by atoms with van der Waals surface area (Å²) in [6, 6.07) is 9.65. The quantitative estimate of drug-likeness (QED) is 0.395. The highest BCUT2D eigenvalue weighted by atomic mass is 16.5. The Morgan fingerprint density at radius 3 is 2.86 bits per heavy atom. The molecular weight excluding hydrogens is 442 g/mol. The lowest BCUT2D eigenvalue weighted by atomic mass is 9.81. The second-order valence-electron chi connectivity index (χ2n) is 9.81. The molecular formula is C28H37N3O4. The van der Waals surface area contributed by atoms with Gasteiger partial charge in [-0.2, -0.15) is 0 Å². The van der Waals surface area contributed by atoms with E-state index in [4.69, 9.17) is 4.74 Å². The number of likely N-dealkylation sites (tertiary alicyclic amines) is 1. The molecule has 1 saturated heterocycles. The number of ether oxygens (including phenoxy) is 1. The molecule has 1 aliphatic rings. The zero-order chi connectivity index (χ0) is 24.8. The number of piperidine rings is 1. The van der Waals surface area contributed by atoms with Crippen LogP contribution >= 0.6 is 0 Å². The fourth-order valence-corrected chi connectivity index (χ4v) is 5.36. The fourth-order valence-electron chi connectivity index (χ4n) is 5.36. The highest BCUT2D eigenvalue weighted by Gasteiger charge is 2.34. The molecule has 7 nitrogen and oxygen atoms in total. The fraction of sp³-hybridized carbons (Fsp3) is 0.500. The summed E-state index contributed by atoms with van der Waals surface area (Å²) in [5.41, 5.74) is 2.98. The van der Waals surface area contributed by atoms with E-state index in [1.54, 1.807) is 13.3 Å². The Morgan fingerprint density at radius 2 is 2.11 bits per heavy atom. The number of benzene rings is 1. The number of methoxy groups -OCH3 is 1. The first-order valence-electron chi connectivity index (χ1n) is 12.6. The molecule has 7 heteroatoms. The largest absolute Gasteiger partial charge is 0.497 e. The minimum absolute atomic E-state index is 0.0744. The maximum atomic E-state index is 12.1. The Bertz CT molecular complexity index is 1130. The maximum Gasteiger partial charge on any atom is 0.308 e. The molecule has 1 unspecified atom stereocenters.